The van der Waals surface area contributed by atoms with Crippen LogP contribution in [0.25, 0.3) is 0 Å². The third kappa shape index (κ3) is 5.36. The van der Waals surface area contributed by atoms with Crippen LogP contribution in [-0.4, -0.2) is 26.1 Å². The smallest absolute Gasteiger partial charge is 0.341 e. The number of aromatic hydroxyl groups is 1. The van der Waals surface area contributed by atoms with Crippen molar-refractivity contribution in [3.8, 4) is 5.75 Å². The van der Waals surface area contributed by atoms with Crippen molar-refractivity contribution in [1.29, 1.82) is 0 Å². The molecule has 0 spiro atoms. The molecule has 0 bridgehead atoms. The number of ether oxygens (including phenoxy) is 1. The van der Waals surface area contributed by atoms with Gasteiger partial charge in [0.25, 0.3) is 10.0 Å². The number of nitrogens with one attached hydrogen (secondary N) is 1. The average molecular weight is 411 g/mol. The van der Waals surface area contributed by atoms with Crippen LogP contribution in [0.2, 0.25) is 0 Å². The van der Waals surface area contributed by atoms with Crippen molar-refractivity contribution in [3.05, 3.63) is 89.5 Å². The predicted molar refractivity (Wildman–Crippen MR) is 111 cm³/mol. The van der Waals surface area contributed by atoms with Gasteiger partial charge in [-0.2, -0.15) is 0 Å². The lowest BCUT2D eigenvalue weighted by Gasteiger charge is -2.11. The van der Waals surface area contributed by atoms with E-state index in [2.05, 4.69) is 4.72 Å². The minimum atomic E-state index is -3.80. The van der Waals surface area contributed by atoms with E-state index >= 15 is 0 Å². The van der Waals surface area contributed by atoms with E-state index in [1.165, 1.54) is 30.3 Å². The van der Waals surface area contributed by atoms with Crippen molar-refractivity contribution in [3.63, 3.8) is 0 Å². The molecule has 0 aromatic heterocycles. The molecule has 0 fully saturated rings. The first-order valence-electron chi connectivity index (χ1n) is 8.99. The number of carbonyl (C=O) groups excluding carboxylic acids is 1. The Kier molecular flexibility index (Phi) is 6.19. The lowest BCUT2D eigenvalue weighted by Crippen LogP contribution is -2.13. The van der Waals surface area contributed by atoms with Gasteiger partial charge in [-0.15, -0.1) is 0 Å². The van der Waals surface area contributed by atoms with Gasteiger partial charge in [-0.25, -0.2) is 13.2 Å². The Morgan fingerprint density at radius 1 is 1.00 bits per heavy atom. The number of hydrogen-bond donors (Lipinski definition) is 2. The van der Waals surface area contributed by atoms with Crippen LogP contribution in [0.15, 0.2) is 77.7 Å². The first-order chi connectivity index (χ1) is 13.8. The summed E-state index contributed by atoms with van der Waals surface area (Å²) in [6.45, 7) is 2.03. The number of aryl methyl sites for hydroxylation is 1. The molecule has 2 N–H and O–H groups in total. The van der Waals surface area contributed by atoms with Crippen molar-refractivity contribution in [2.45, 2.75) is 18.2 Å². The van der Waals surface area contributed by atoms with Crippen LogP contribution in [0.5, 0.6) is 5.75 Å². The maximum Gasteiger partial charge on any atom is 0.341 e. The lowest BCUT2D eigenvalue weighted by atomic mass is 10.1. The summed E-state index contributed by atoms with van der Waals surface area (Å²) in [5, 5.41) is 10.1. The Bertz CT molecular complexity index is 1090. The summed E-state index contributed by atoms with van der Waals surface area (Å²) in [6.07, 6.45) is 0.557. The Morgan fingerprint density at radius 2 is 1.69 bits per heavy atom. The largest absolute Gasteiger partial charge is 0.507 e. The third-order valence-electron chi connectivity index (χ3n) is 4.27. The molecule has 0 aliphatic carbocycles. The highest BCUT2D eigenvalue weighted by atomic mass is 32.2. The summed E-state index contributed by atoms with van der Waals surface area (Å²) in [5.41, 5.74) is 2.09. The highest BCUT2D eigenvalue weighted by molar-refractivity contribution is 7.92. The van der Waals surface area contributed by atoms with Crippen LogP contribution in [0.3, 0.4) is 0 Å². The molecule has 0 aliphatic heterocycles. The number of sulfonamides is 1. The second-order valence-electron chi connectivity index (χ2n) is 6.52. The predicted octanol–water partition coefficient (Wildman–Crippen LogP) is 3.90. The normalized spacial score (nSPS) is 11.1. The number of carbonyl (C=O) groups is 1. The Morgan fingerprint density at radius 3 is 2.34 bits per heavy atom. The molecule has 0 amide bonds. The molecule has 7 heteroatoms. The Labute approximate surface area is 169 Å². The number of phenols is 1. The summed E-state index contributed by atoms with van der Waals surface area (Å²) < 4.78 is 32.5. The molecule has 150 valence electrons. The fourth-order valence-corrected chi connectivity index (χ4v) is 3.73. The number of anilines is 1. The molecule has 3 rings (SSSR count). The van der Waals surface area contributed by atoms with Crippen molar-refractivity contribution in [2.75, 3.05) is 11.3 Å². The SMILES string of the molecule is Cc1ccc(S(=O)(=O)Nc2ccc(C(=O)OCCc3ccccc3)c(O)c2)cc1. The second kappa shape index (κ2) is 8.79. The number of esters is 1. The average Bonchev–Trinajstić information content (AvgIpc) is 2.69. The standard InChI is InChI=1S/C22H21NO5S/c1-16-7-10-19(11-8-16)29(26,27)23-18-9-12-20(21(24)15-18)22(25)28-14-13-17-5-3-2-4-6-17/h2-12,15,23-24H,13-14H2,1H3. The Balaban J connectivity index is 1.64. The van der Waals surface area contributed by atoms with Crippen molar-refractivity contribution in [1.82, 2.24) is 0 Å². The van der Waals surface area contributed by atoms with Crippen molar-refractivity contribution < 1.29 is 23.1 Å². The molecule has 0 unspecified atom stereocenters. The topological polar surface area (TPSA) is 92.7 Å². The molecule has 0 atom stereocenters. The van der Waals surface area contributed by atoms with E-state index in [-0.39, 0.29) is 28.5 Å². The van der Waals surface area contributed by atoms with E-state index in [1.54, 1.807) is 12.1 Å². The van der Waals surface area contributed by atoms with Crippen LogP contribution in [0.4, 0.5) is 5.69 Å². The summed E-state index contributed by atoms with van der Waals surface area (Å²) >= 11 is 0. The van der Waals surface area contributed by atoms with E-state index in [4.69, 9.17) is 4.74 Å². The van der Waals surface area contributed by atoms with Gasteiger partial charge in [-0.1, -0.05) is 48.0 Å². The Hall–Kier alpha value is -3.32. The van der Waals surface area contributed by atoms with Gasteiger partial charge in [0, 0.05) is 12.5 Å². The summed E-state index contributed by atoms with van der Waals surface area (Å²) in [4.78, 5) is 12.3. The van der Waals surface area contributed by atoms with Gasteiger partial charge in [0.15, 0.2) is 0 Å². The first kappa shape index (κ1) is 20.4. The molecule has 0 saturated heterocycles. The number of benzene rings is 3. The second-order valence-corrected chi connectivity index (χ2v) is 8.20. The van der Waals surface area contributed by atoms with Crippen molar-refractivity contribution >= 4 is 21.7 Å². The molecule has 0 radical (unpaired) electrons. The van der Waals surface area contributed by atoms with Gasteiger partial charge in [-0.3, -0.25) is 4.72 Å². The van der Waals surface area contributed by atoms with E-state index in [0.717, 1.165) is 11.1 Å². The minimum Gasteiger partial charge on any atom is -0.507 e. The van der Waals surface area contributed by atoms with Gasteiger partial charge in [0.2, 0.25) is 0 Å². The molecule has 0 heterocycles. The molecule has 6 nitrogen and oxygen atoms in total. The summed E-state index contributed by atoms with van der Waals surface area (Å²) in [7, 11) is -3.80. The molecule has 0 saturated carbocycles. The van der Waals surface area contributed by atoms with E-state index in [0.29, 0.717) is 6.42 Å². The van der Waals surface area contributed by atoms with Crippen LogP contribution < -0.4 is 4.72 Å². The van der Waals surface area contributed by atoms with Crippen molar-refractivity contribution in [2.24, 2.45) is 0 Å². The van der Waals surface area contributed by atoms with Gasteiger partial charge in [0.1, 0.15) is 11.3 Å². The van der Waals surface area contributed by atoms with Crippen LogP contribution in [0, 0.1) is 6.92 Å². The number of hydrogen-bond acceptors (Lipinski definition) is 5. The monoisotopic (exact) mass is 411 g/mol. The fourth-order valence-electron chi connectivity index (χ4n) is 2.68. The zero-order valence-electron chi connectivity index (χ0n) is 15.8. The molecular weight excluding hydrogens is 390 g/mol. The highest BCUT2D eigenvalue weighted by Crippen LogP contribution is 2.25. The van der Waals surface area contributed by atoms with Gasteiger partial charge >= 0.3 is 5.97 Å². The maximum absolute atomic E-state index is 12.4. The minimum absolute atomic E-state index is 0.0312. The van der Waals surface area contributed by atoms with Gasteiger partial charge < -0.3 is 9.84 Å². The molecule has 29 heavy (non-hydrogen) atoms. The van der Waals surface area contributed by atoms with Crippen LogP contribution >= 0.6 is 0 Å². The fraction of sp³-hybridized carbons (Fsp3) is 0.136. The highest BCUT2D eigenvalue weighted by Gasteiger charge is 2.17. The molecule has 3 aromatic rings. The zero-order chi connectivity index (χ0) is 20.9. The zero-order valence-corrected chi connectivity index (χ0v) is 16.6. The van der Waals surface area contributed by atoms with Crippen LogP contribution in [0.1, 0.15) is 21.5 Å². The number of rotatable bonds is 7. The van der Waals surface area contributed by atoms with Gasteiger partial charge in [-0.05, 0) is 36.8 Å². The summed E-state index contributed by atoms with van der Waals surface area (Å²) in [6, 6.07) is 19.9. The third-order valence-corrected chi connectivity index (χ3v) is 5.67. The maximum atomic E-state index is 12.4. The quantitative estimate of drug-likeness (QED) is 0.575. The molecular formula is C22H21NO5S. The lowest BCUT2D eigenvalue weighted by molar-refractivity contribution is 0.0506. The van der Waals surface area contributed by atoms with E-state index in [9.17, 15) is 18.3 Å². The summed E-state index contributed by atoms with van der Waals surface area (Å²) in [5.74, 6) is -1.04. The van der Waals surface area contributed by atoms with Crippen LogP contribution in [-0.2, 0) is 21.2 Å². The van der Waals surface area contributed by atoms with Gasteiger partial charge in [0.05, 0.1) is 17.2 Å². The number of phenolic OH excluding ortho intramolecular Hbond substituents is 1. The van der Waals surface area contributed by atoms with E-state index < -0.39 is 16.0 Å². The first-order valence-corrected chi connectivity index (χ1v) is 10.5. The van der Waals surface area contributed by atoms with E-state index in [1.807, 2.05) is 37.3 Å². The molecule has 0 aliphatic rings. The molecule has 3 aromatic carbocycles.